The lowest BCUT2D eigenvalue weighted by Crippen LogP contribution is -2.26. The zero-order valence-corrected chi connectivity index (χ0v) is 11.7. The molecular weight excluding hydrogens is 272 g/mol. The zero-order valence-electron chi connectivity index (χ0n) is 11.0. The fourth-order valence-electron chi connectivity index (χ4n) is 2.63. The molecule has 1 aliphatic rings. The van der Waals surface area contributed by atoms with E-state index in [1.165, 1.54) is 0 Å². The Hall–Kier alpha value is -1.80. The predicted molar refractivity (Wildman–Crippen MR) is 79.8 cm³/mol. The van der Waals surface area contributed by atoms with Gasteiger partial charge in [0.25, 0.3) is 0 Å². The number of alkyl halides is 1. The third-order valence-corrected chi connectivity index (χ3v) is 4.02. The van der Waals surface area contributed by atoms with E-state index in [1.807, 2.05) is 48.5 Å². The maximum Gasteiger partial charge on any atom is 0.176 e. The Morgan fingerprint density at radius 1 is 1.15 bits per heavy atom. The van der Waals surface area contributed by atoms with E-state index in [1.54, 1.807) is 6.26 Å². The Morgan fingerprint density at radius 2 is 1.95 bits per heavy atom. The first-order chi connectivity index (χ1) is 9.74. The zero-order chi connectivity index (χ0) is 13.9. The number of furan rings is 1. The van der Waals surface area contributed by atoms with Gasteiger partial charge in [0.2, 0.25) is 0 Å². The molecule has 3 heteroatoms. The van der Waals surface area contributed by atoms with Crippen LogP contribution in [0.3, 0.4) is 0 Å². The van der Waals surface area contributed by atoms with Gasteiger partial charge in [0.15, 0.2) is 5.78 Å². The number of ketones is 1. The summed E-state index contributed by atoms with van der Waals surface area (Å²) < 4.78 is 5.46. The summed E-state index contributed by atoms with van der Waals surface area (Å²) in [5, 5.41) is -0.464. The van der Waals surface area contributed by atoms with E-state index in [0.717, 1.165) is 16.9 Å². The highest BCUT2D eigenvalue weighted by atomic mass is 35.5. The highest BCUT2D eigenvalue weighted by Gasteiger charge is 2.33. The molecule has 2 nitrogen and oxygen atoms in total. The van der Waals surface area contributed by atoms with Crippen LogP contribution in [0.4, 0.5) is 0 Å². The van der Waals surface area contributed by atoms with E-state index in [0.29, 0.717) is 12.8 Å². The number of halogens is 1. The summed E-state index contributed by atoms with van der Waals surface area (Å²) in [6.07, 6.45) is 4.92. The first-order valence-corrected chi connectivity index (χ1v) is 7.15. The molecule has 0 amide bonds. The van der Waals surface area contributed by atoms with Crippen LogP contribution in [-0.2, 0) is 4.79 Å². The van der Waals surface area contributed by atoms with Crippen molar-refractivity contribution in [1.29, 1.82) is 0 Å². The van der Waals surface area contributed by atoms with Crippen LogP contribution >= 0.6 is 11.6 Å². The molecule has 3 rings (SSSR count). The summed E-state index contributed by atoms with van der Waals surface area (Å²) in [5.74, 6) is 1.13. The van der Waals surface area contributed by atoms with Gasteiger partial charge < -0.3 is 4.42 Å². The molecule has 1 saturated carbocycles. The van der Waals surface area contributed by atoms with Gasteiger partial charge >= 0.3 is 0 Å². The van der Waals surface area contributed by atoms with Crippen molar-refractivity contribution in [3.63, 3.8) is 0 Å². The van der Waals surface area contributed by atoms with Crippen molar-refractivity contribution < 1.29 is 9.21 Å². The molecule has 2 unspecified atom stereocenters. The van der Waals surface area contributed by atoms with Crippen LogP contribution in [0.15, 0.2) is 58.7 Å². The fraction of sp³-hybridized carbons (Fsp3) is 0.235. The molecule has 1 aromatic heterocycles. The molecule has 20 heavy (non-hydrogen) atoms. The number of allylic oxidation sites excluding steroid dienone is 1. The second kappa shape index (κ2) is 5.68. The Labute approximate surface area is 123 Å². The normalized spacial score (nSPS) is 25.1. The largest absolute Gasteiger partial charge is 0.469 e. The van der Waals surface area contributed by atoms with Crippen LogP contribution in [0.5, 0.6) is 0 Å². The van der Waals surface area contributed by atoms with E-state index in [9.17, 15) is 4.79 Å². The first-order valence-electron chi connectivity index (χ1n) is 6.71. The standard InChI is InChI=1S/C17H15ClO2/c18-15-11-13(16-7-4-8-20-16)10-14(17(15)19)9-12-5-2-1-3-6-12/h1-9,13,15H,10-11H2. The Balaban J connectivity index is 1.89. The van der Waals surface area contributed by atoms with Crippen molar-refractivity contribution in [2.75, 3.05) is 0 Å². The van der Waals surface area contributed by atoms with Gasteiger partial charge in [-0.05, 0) is 42.2 Å². The molecule has 1 aromatic carbocycles. The molecule has 0 saturated heterocycles. The molecule has 0 spiro atoms. The molecule has 1 heterocycles. The summed E-state index contributed by atoms with van der Waals surface area (Å²) in [4.78, 5) is 12.2. The topological polar surface area (TPSA) is 30.2 Å². The summed E-state index contributed by atoms with van der Waals surface area (Å²) in [6.45, 7) is 0. The molecular formula is C17H15ClO2. The van der Waals surface area contributed by atoms with E-state index in [4.69, 9.17) is 16.0 Å². The monoisotopic (exact) mass is 286 g/mol. The molecule has 2 atom stereocenters. The third kappa shape index (κ3) is 2.70. The second-order valence-corrected chi connectivity index (χ2v) is 5.59. The summed E-state index contributed by atoms with van der Waals surface area (Å²) in [6, 6.07) is 13.7. The number of rotatable bonds is 2. The molecule has 0 radical (unpaired) electrons. The van der Waals surface area contributed by atoms with Crippen LogP contribution in [0.1, 0.15) is 30.1 Å². The van der Waals surface area contributed by atoms with Gasteiger partial charge in [-0.25, -0.2) is 0 Å². The Morgan fingerprint density at radius 3 is 2.65 bits per heavy atom. The minimum Gasteiger partial charge on any atom is -0.469 e. The quantitative estimate of drug-likeness (QED) is 0.604. The van der Waals surface area contributed by atoms with Crippen molar-refractivity contribution in [3.8, 4) is 0 Å². The number of carbonyl (C=O) groups excluding carboxylic acids is 1. The van der Waals surface area contributed by atoms with E-state index in [-0.39, 0.29) is 11.7 Å². The van der Waals surface area contributed by atoms with Crippen LogP contribution < -0.4 is 0 Å². The highest BCUT2D eigenvalue weighted by molar-refractivity contribution is 6.34. The van der Waals surface area contributed by atoms with Crippen molar-refractivity contribution in [2.24, 2.45) is 0 Å². The van der Waals surface area contributed by atoms with Gasteiger partial charge in [-0.1, -0.05) is 30.3 Å². The molecule has 2 aromatic rings. The second-order valence-electron chi connectivity index (χ2n) is 5.06. The smallest absolute Gasteiger partial charge is 0.176 e. The fourth-order valence-corrected chi connectivity index (χ4v) is 2.98. The molecule has 1 fully saturated rings. The summed E-state index contributed by atoms with van der Waals surface area (Å²) >= 11 is 6.21. The van der Waals surface area contributed by atoms with Crippen molar-refractivity contribution in [2.45, 2.75) is 24.1 Å². The minimum absolute atomic E-state index is 0.0401. The average molecular weight is 287 g/mol. The third-order valence-electron chi connectivity index (χ3n) is 3.64. The predicted octanol–water partition coefficient (Wildman–Crippen LogP) is 4.42. The Bertz CT molecular complexity index is 614. The Kier molecular flexibility index (Phi) is 3.75. The summed E-state index contributed by atoms with van der Waals surface area (Å²) in [5.41, 5.74) is 1.81. The van der Waals surface area contributed by atoms with Gasteiger partial charge in [0.1, 0.15) is 5.76 Å². The van der Waals surface area contributed by atoms with Crippen molar-refractivity contribution >= 4 is 23.5 Å². The van der Waals surface area contributed by atoms with Gasteiger partial charge in [0, 0.05) is 5.92 Å². The van der Waals surface area contributed by atoms with Crippen LogP contribution in [0, 0.1) is 0 Å². The molecule has 0 bridgehead atoms. The molecule has 102 valence electrons. The number of hydrogen-bond donors (Lipinski definition) is 0. The lowest BCUT2D eigenvalue weighted by Gasteiger charge is -2.25. The van der Waals surface area contributed by atoms with Crippen molar-refractivity contribution in [1.82, 2.24) is 0 Å². The number of hydrogen-bond acceptors (Lipinski definition) is 2. The number of benzene rings is 1. The molecule has 0 N–H and O–H groups in total. The van der Waals surface area contributed by atoms with Crippen LogP contribution in [0.2, 0.25) is 0 Å². The SMILES string of the molecule is O=C1C(=Cc2ccccc2)CC(c2ccco2)CC1Cl. The van der Waals surface area contributed by atoms with Gasteiger partial charge in [-0.15, -0.1) is 11.6 Å². The number of carbonyl (C=O) groups is 1. The average Bonchev–Trinajstić information content (AvgIpc) is 2.99. The van der Waals surface area contributed by atoms with Crippen molar-refractivity contribution in [3.05, 3.63) is 65.6 Å². The van der Waals surface area contributed by atoms with Gasteiger partial charge in [-0.3, -0.25) is 4.79 Å². The minimum atomic E-state index is -0.464. The molecule has 1 aliphatic carbocycles. The van der Waals surface area contributed by atoms with Gasteiger partial charge in [0.05, 0.1) is 11.6 Å². The van der Waals surface area contributed by atoms with E-state index < -0.39 is 5.38 Å². The summed E-state index contributed by atoms with van der Waals surface area (Å²) in [7, 11) is 0. The maximum atomic E-state index is 12.2. The number of Topliss-reactive ketones (excluding diaryl/α,β-unsaturated/α-hetero) is 1. The van der Waals surface area contributed by atoms with Crippen LogP contribution in [-0.4, -0.2) is 11.2 Å². The van der Waals surface area contributed by atoms with E-state index in [2.05, 4.69) is 0 Å². The lowest BCUT2D eigenvalue weighted by atomic mass is 9.82. The lowest BCUT2D eigenvalue weighted by molar-refractivity contribution is -0.116. The van der Waals surface area contributed by atoms with Gasteiger partial charge in [-0.2, -0.15) is 0 Å². The first kappa shape index (κ1) is 13.2. The van der Waals surface area contributed by atoms with Crippen LogP contribution in [0.25, 0.3) is 6.08 Å². The maximum absolute atomic E-state index is 12.2. The van der Waals surface area contributed by atoms with E-state index >= 15 is 0 Å². The molecule has 0 aliphatic heterocycles. The highest BCUT2D eigenvalue weighted by Crippen LogP contribution is 2.37.